The van der Waals surface area contributed by atoms with Gasteiger partial charge in [0.1, 0.15) is 15.6 Å². The second-order valence-electron chi connectivity index (χ2n) is 4.85. The summed E-state index contributed by atoms with van der Waals surface area (Å²) < 4.78 is 22.9. The molecule has 0 amide bonds. The van der Waals surface area contributed by atoms with Crippen LogP contribution in [0.5, 0.6) is 5.75 Å². The molecule has 5 heteroatoms. The predicted octanol–water partition coefficient (Wildman–Crippen LogP) is 1.48. The van der Waals surface area contributed by atoms with Gasteiger partial charge in [0.15, 0.2) is 0 Å². The lowest BCUT2D eigenvalue weighted by Gasteiger charge is -2.30. The van der Waals surface area contributed by atoms with Gasteiger partial charge < -0.3 is 10.4 Å². The first-order valence-corrected chi connectivity index (χ1v) is 8.00. The van der Waals surface area contributed by atoms with E-state index in [1.807, 2.05) is 19.2 Å². The third-order valence-electron chi connectivity index (χ3n) is 3.63. The van der Waals surface area contributed by atoms with Crippen molar-refractivity contribution in [2.24, 2.45) is 5.92 Å². The lowest BCUT2D eigenvalue weighted by atomic mass is 9.88. The molecule has 0 spiro atoms. The molecule has 2 N–H and O–H groups in total. The average Bonchev–Trinajstić information content (AvgIpc) is 2.34. The minimum Gasteiger partial charge on any atom is -0.508 e. The molecule has 1 aromatic carbocycles. The van der Waals surface area contributed by atoms with Crippen LogP contribution in [0.15, 0.2) is 24.3 Å². The number of hydrogen-bond acceptors (Lipinski definition) is 4. The van der Waals surface area contributed by atoms with Crippen LogP contribution in [0, 0.1) is 5.92 Å². The molecule has 1 saturated heterocycles. The molecular formula is C13H19NO3S. The summed E-state index contributed by atoms with van der Waals surface area (Å²) in [6.07, 6.45) is 1.41. The minimum absolute atomic E-state index is 0.154. The molecule has 1 heterocycles. The number of phenolic OH excluding ortho intramolecular Hbond substituents is 1. The number of nitrogens with one attached hydrogen (secondary N) is 1. The van der Waals surface area contributed by atoms with Crippen LogP contribution in [-0.4, -0.2) is 32.1 Å². The maximum Gasteiger partial charge on any atom is 0.150 e. The van der Waals surface area contributed by atoms with Crippen LogP contribution in [-0.2, 0) is 9.84 Å². The van der Waals surface area contributed by atoms with Gasteiger partial charge in [-0.3, -0.25) is 0 Å². The highest BCUT2D eigenvalue weighted by molar-refractivity contribution is 7.91. The van der Waals surface area contributed by atoms with E-state index in [-0.39, 0.29) is 23.3 Å². The van der Waals surface area contributed by atoms with Crippen molar-refractivity contribution in [2.45, 2.75) is 18.9 Å². The van der Waals surface area contributed by atoms with Crippen molar-refractivity contribution in [3.05, 3.63) is 29.8 Å². The summed E-state index contributed by atoms with van der Waals surface area (Å²) in [4.78, 5) is 0. The summed E-state index contributed by atoms with van der Waals surface area (Å²) in [6, 6.07) is 7.26. The van der Waals surface area contributed by atoms with Gasteiger partial charge in [0.25, 0.3) is 0 Å². The van der Waals surface area contributed by atoms with Gasteiger partial charge in [-0.25, -0.2) is 8.42 Å². The summed E-state index contributed by atoms with van der Waals surface area (Å²) in [5, 5.41) is 12.5. The second-order valence-corrected chi connectivity index (χ2v) is 7.15. The van der Waals surface area contributed by atoms with Crippen LogP contribution in [0.1, 0.15) is 24.4 Å². The molecule has 1 aliphatic heterocycles. The Bertz CT molecular complexity index is 481. The number of rotatable bonds is 3. The Balaban J connectivity index is 2.12. The molecule has 1 fully saturated rings. The topological polar surface area (TPSA) is 66.4 Å². The Morgan fingerprint density at radius 2 is 1.78 bits per heavy atom. The second kappa shape index (κ2) is 5.28. The van der Waals surface area contributed by atoms with Crippen molar-refractivity contribution < 1.29 is 13.5 Å². The first kappa shape index (κ1) is 13.4. The van der Waals surface area contributed by atoms with Crippen molar-refractivity contribution in [3.63, 3.8) is 0 Å². The first-order valence-electron chi connectivity index (χ1n) is 6.18. The molecule has 0 saturated carbocycles. The Labute approximate surface area is 108 Å². The van der Waals surface area contributed by atoms with E-state index in [0.29, 0.717) is 18.8 Å². The molecule has 0 radical (unpaired) electrons. The molecule has 2 rings (SSSR count). The molecular weight excluding hydrogens is 250 g/mol. The number of benzene rings is 1. The van der Waals surface area contributed by atoms with Gasteiger partial charge in [-0.15, -0.1) is 0 Å². The fourth-order valence-electron chi connectivity index (χ4n) is 2.60. The van der Waals surface area contributed by atoms with Gasteiger partial charge in [0, 0.05) is 6.04 Å². The van der Waals surface area contributed by atoms with Crippen molar-refractivity contribution in [3.8, 4) is 5.75 Å². The zero-order valence-electron chi connectivity index (χ0n) is 10.5. The molecule has 0 bridgehead atoms. The fourth-order valence-corrected chi connectivity index (χ4v) is 4.13. The van der Waals surface area contributed by atoms with Crippen molar-refractivity contribution in [1.82, 2.24) is 5.32 Å². The maximum atomic E-state index is 11.4. The van der Waals surface area contributed by atoms with Gasteiger partial charge in [0.2, 0.25) is 0 Å². The van der Waals surface area contributed by atoms with Crippen molar-refractivity contribution in [1.29, 1.82) is 0 Å². The van der Waals surface area contributed by atoms with Crippen LogP contribution in [0.2, 0.25) is 0 Å². The van der Waals surface area contributed by atoms with E-state index < -0.39 is 9.84 Å². The molecule has 1 atom stereocenters. The molecule has 1 unspecified atom stereocenters. The molecule has 100 valence electrons. The standard InChI is InChI=1S/C13H19NO3S/c1-14-13(10-2-4-12(15)5-3-10)11-6-8-18(16,17)9-7-11/h2-5,11,13-15H,6-9H2,1H3. The van der Waals surface area contributed by atoms with Gasteiger partial charge in [0.05, 0.1) is 11.5 Å². The zero-order valence-corrected chi connectivity index (χ0v) is 11.3. The van der Waals surface area contributed by atoms with Gasteiger partial charge in [-0.05, 0) is 43.5 Å². The largest absolute Gasteiger partial charge is 0.508 e. The first-order chi connectivity index (χ1) is 8.52. The van der Waals surface area contributed by atoms with Crippen LogP contribution >= 0.6 is 0 Å². The zero-order chi connectivity index (χ0) is 13.2. The van der Waals surface area contributed by atoms with E-state index in [1.54, 1.807) is 12.1 Å². The monoisotopic (exact) mass is 269 g/mol. The van der Waals surface area contributed by atoms with Gasteiger partial charge in [-0.1, -0.05) is 12.1 Å². The van der Waals surface area contributed by atoms with Crippen LogP contribution in [0.3, 0.4) is 0 Å². The van der Waals surface area contributed by atoms with Gasteiger partial charge >= 0.3 is 0 Å². The summed E-state index contributed by atoms with van der Waals surface area (Å²) in [5.74, 6) is 1.16. The summed E-state index contributed by atoms with van der Waals surface area (Å²) >= 11 is 0. The fraction of sp³-hybridized carbons (Fsp3) is 0.538. The number of aromatic hydroxyl groups is 1. The minimum atomic E-state index is -2.81. The van der Waals surface area contributed by atoms with Crippen LogP contribution < -0.4 is 5.32 Å². The molecule has 1 aliphatic rings. The van der Waals surface area contributed by atoms with E-state index in [0.717, 1.165) is 5.56 Å². The predicted molar refractivity (Wildman–Crippen MR) is 71.3 cm³/mol. The maximum absolute atomic E-state index is 11.4. The average molecular weight is 269 g/mol. The Morgan fingerprint density at radius 1 is 1.22 bits per heavy atom. The third kappa shape index (κ3) is 3.03. The van der Waals surface area contributed by atoms with Crippen LogP contribution in [0.4, 0.5) is 0 Å². The van der Waals surface area contributed by atoms with E-state index in [2.05, 4.69) is 5.32 Å². The molecule has 1 aromatic rings. The Kier molecular flexibility index (Phi) is 3.92. The van der Waals surface area contributed by atoms with Crippen molar-refractivity contribution in [2.75, 3.05) is 18.6 Å². The van der Waals surface area contributed by atoms with Crippen LogP contribution in [0.25, 0.3) is 0 Å². The number of hydrogen-bond donors (Lipinski definition) is 2. The number of phenols is 1. The van der Waals surface area contributed by atoms with E-state index in [4.69, 9.17) is 0 Å². The Hall–Kier alpha value is -1.07. The molecule has 18 heavy (non-hydrogen) atoms. The SMILES string of the molecule is CNC(c1ccc(O)cc1)C1CCS(=O)(=O)CC1. The smallest absolute Gasteiger partial charge is 0.150 e. The lowest BCUT2D eigenvalue weighted by molar-refractivity contribution is 0.350. The van der Waals surface area contributed by atoms with E-state index in [1.165, 1.54) is 0 Å². The Morgan fingerprint density at radius 3 is 2.28 bits per heavy atom. The van der Waals surface area contributed by atoms with E-state index >= 15 is 0 Å². The molecule has 0 aliphatic carbocycles. The highest BCUT2D eigenvalue weighted by Gasteiger charge is 2.29. The van der Waals surface area contributed by atoms with Gasteiger partial charge in [-0.2, -0.15) is 0 Å². The lowest BCUT2D eigenvalue weighted by Crippen LogP contribution is -2.32. The number of sulfone groups is 1. The molecule has 4 nitrogen and oxygen atoms in total. The van der Waals surface area contributed by atoms with Crippen molar-refractivity contribution >= 4 is 9.84 Å². The third-order valence-corrected chi connectivity index (χ3v) is 5.35. The summed E-state index contributed by atoms with van der Waals surface area (Å²) in [7, 11) is -0.925. The van der Waals surface area contributed by atoms with E-state index in [9.17, 15) is 13.5 Å². The highest BCUT2D eigenvalue weighted by atomic mass is 32.2. The summed E-state index contributed by atoms with van der Waals surface area (Å²) in [5.41, 5.74) is 1.10. The molecule has 0 aromatic heterocycles. The summed E-state index contributed by atoms with van der Waals surface area (Å²) in [6.45, 7) is 0. The quantitative estimate of drug-likeness (QED) is 0.872. The highest BCUT2D eigenvalue weighted by Crippen LogP contribution is 2.31. The normalized spacial score (nSPS) is 21.6.